The minimum absolute atomic E-state index is 0.0116. The Labute approximate surface area is 137 Å². The second-order valence-corrected chi connectivity index (χ2v) is 6.35. The number of halogens is 1. The van der Waals surface area contributed by atoms with Gasteiger partial charge in [0.15, 0.2) is 0 Å². The van der Waals surface area contributed by atoms with E-state index in [1.807, 2.05) is 38.1 Å². The summed E-state index contributed by atoms with van der Waals surface area (Å²) in [7, 11) is 0. The number of aryl methyl sites for hydroxylation is 3. The summed E-state index contributed by atoms with van der Waals surface area (Å²) in [5, 5.41) is 1.05. The van der Waals surface area contributed by atoms with Gasteiger partial charge in [-0.05, 0) is 55.7 Å². The second kappa shape index (κ2) is 5.69. The molecule has 0 radical (unpaired) electrons. The molecule has 0 fully saturated rings. The number of aromatic nitrogens is 2. The summed E-state index contributed by atoms with van der Waals surface area (Å²) in [6.45, 7) is 6.62. The van der Waals surface area contributed by atoms with E-state index in [2.05, 4.69) is 33.9 Å². The van der Waals surface area contributed by atoms with Crippen molar-refractivity contribution < 1.29 is 0 Å². The lowest BCUT2D eigenvalue weighted by molar-refractivity contribution is 0.748. The lowest BCUT2D eigenvalue weighted by Gasteiger charge is -2.14. The molecular formula is C18H17BrN2O. The Morgan fingerprint density at radius 3 is 2.64 bits per heavy atom. The molecule has 0 aliphatic rings. The van der Waals surface area contributed by atoms with Crippen LogP contribution in [0.3, 0.4) is 0 Å². The van der Waals surface area contributed by atoms with Gasteiger partial charge in [0.2, 0.25) is 0 Å². The van der Waals surface area contributed by atoms with Crippen molar-refractivity contribution in [3.8, 4) is 11.1 Å². The van der Waals surface area contributed by atoms with Crippen LogP contribution in [0, 0.1) is 13.8 Å². The summed E-state index contributed by atoms with van der Waals surface area (Å²) in [6, 6.07) is 11.8. The van der Waals surface area contributed by atoms with Crippen LogP contribution in [-0.4, -0.2) is 9.55 Å². The Bertz CT molecular complexity index is 928. The Morgan fingerprint density at radius 1 is 1.18 bits per heavy atom. The average molecular weight is 357 g/mol. The smallest absolute Gasteiger partial charge is 0.252 e. The Balaban J connectivity index is 2.49. The molecule has 0 amide bonds. The largest absolute Gasteiger partial charge is 0.293 e. The number of fused-ring (bicyclic) bond motifs is 1. The number of hydrogen-bond donors (Lipinski definition) is 0. The summed E-state index contributed by atoms with van der Waals surface area (Å²) < 4.78 is 2.73. The van der Waals surface area contributed by atoms with Crippen LogP contribution in [0.15, 0.2) is 45.7 Å². The maximum absolute atomic E-state index is 12.5. The van der Waals surface area contributed by atoms with Crippen LogP contribution >= 0.6 is 15.9 Å². The van der Waals surface area contributed by atoms with E-state index in [9.17, 15) is 4.79 Å². The first-order valence-corrected chi connectivity index (χ1v) is 8.08. The Kier molecular flexibility index (Phi) is 3.87. The SMILES string of the molecule is CCn1c(=O)cc(-c2cccc(Br)c2)c2c(C)cc(C)nc21. The van der Waals surface area contributed by atoms with E-state index in [0.717, 1.165) is 37.9 Å². The van der Waals surface area contributed by atoms with Crippen LogP contribution in [0.1, 0.15) is 18.2 Å². The summed E-state index contributed by atoms with van der Waals surface area (Å²) in [5.74, 6) is 0. The lowest BCUT2D eigenvalue weighted by atomic mass is 9.99. The lowest BCUT2D eigenvalue weighted by Crippen LogP contribution is -2.20. The van der Waals surface area contributed by atoms with E-state index < -0.39 is 0 Å². The molecule has 112 valence electrons. The predicted octanol–water partition coefficient (Wildman–Crippen LogP) is 4.46. The van der Waals surface area contributed by atoms with E-state index in [4.69, 9.17) is 0 Å². The molecule has 2 heterocycles. The van der Waals surface area contributed by atoms with Crippen LogP contribution in [0.25, 0.3) is 22.2 Å². The quantitative estimate of drug-likeness (QED) is 0.679. The second-order valence-electron chi connectivity index (χ2n) is 5.43. The maximum atomic E-state index is 12.5. The molecule has 2 aromatic heterocycles. The molecule has 0 N–H and O–H groups in total. The van der Waals surface area contributed by atoms with E-state index in [-0.39, 0.29) is 5.56 Å². The minimum Gasteiger partial charge on any atom is -0.293 e. The van der Waals surface area contributed by atoms with Gasteiger partial charge in [-0.25, -0.2) is 4.98 Å². The van der Waals surface area contributed by atoms with Crippen molar-refractivity contribution in [1.82, 2.24) is 9.55 Å². The van der Waals surface area contributed by atoms with Crippen molar-refractivity contribution in [3.05, 3.63) is 62.5 Å². The molecule has 3 rings (SSSR count). The zero-order valence-electron chi connectivity index (χ0n) is 12.9. The fraction of sp³-hybridized carbons (Fsp3) is 0.222. The molecule has 0 atom stereocenters. The molecule has 4 heteroatoms. The highest BCUT2D eigenvalue weighted by Gasteiger charge is 2.13. The Morgan fingerprint density at radius 2 is 1.95 bits per heavy atom. The van der Waals surface area contributed by atoms with Crippen LogP contribution in [0.4, 0.5) is 0 Å². The molecule has 22 heavy (non-hydrogen) atoms. The van der Waals surface area contributed by atoms with Gasteiger partial charge >= 0.3 is 0 Å². The predicted molar refractivity (Wildman–Crippen MR) is 94.3 cm³/mol. The average Bonchev–Trinajstić information content (AvgIpc) is 2.46. The van der Waals surface area contributed by atoms with Crippen molar-refractivity contribution in [3.63, 3.8) is 0 Å². The molecule has 0 aliphatic carbocycles. The molecule has 1 aromatic carbocycles. The Hall–Kier alpha value is -1.94. The molecule has 3 aromatic rings. The number of nitrogens with zero attached hydrogens (tertiary/aromatic N) is 2. The van der Waals surface area contributed by atoms with Gasteiger partial charge in [-0.2, -0.15) is 0 Å². The third kappa shape index (κ3) is 2.48. The number of benzene rings is 1. The van der Waals surface area contributed by atoms with Gasteiger partial charge in [0, 0.05) is 28.2 Å². The summed E-state index contributed by atoms with van der Waals surface area (Å²) >= 11 is 3.50. The summed E-state index contributed by atoms with van der Waals surface area (Å²) in [5.41, 5.74) is 4.78. The van der Waals surface area contributed by atoms with Gasteiger partial charge in [0.05, 0.1) is 0 Å². The van der Waals surface area contributed by atoms with Gasteiger partial charge in [0.25, 0.3) is 5.56 Å². The highest BCUT2D eigenvalue weighted by atomic mass is 79.9. The fourth-order valence-electron chi connectivity index (χ4n) is 2.91. The van der Waals surface area contributed by atoms with Crippen LogP contribution in [0.5, 0.6) is 0 Å². The van der Waals surface area contributed by atoms with Crippen LogP contribution in [-0.2, 0) is 6.54 Å². The number of rotatable bonds is 2. The van der Waals surface area contributed by atoms with Gasteiger partial charge in [-0.1, -0.05) is 28.1 Å². The fourth-order valence-corrected chi connectivity index (χ4v) is 3.31. The van der Waals surface area contributed by atoms with E-state index >= 15 is 0 Å². The van der Waals surface area contributed by atoms with Crippen molar-refractivity contribution in [2.24, 2.45) is 0 Å². The highest BCUT2D eigenvalue weighted by molar-refractivity contribution is 9.10. The zero-order chi connectivity index (χ0) is 15.9. The molecule has 0 spiro atoms. The monoisotopic (exact) mass is 356 g/mol. The zero-order valence-corrected chi connectivity index (χ0v) is 14.4. The van der Waals surface area contributed by atoms with E-state index in [1.54, 1.807) is 10.6 Å². The van der Waals surface area contributed by atoms with Gasteiger partial charge < -0.3 is 0 Å². The van der Waals surface area contributed by atoms with E-state index in [1.165, 1.54) is 0 Å². The van der Waals surface area contributed by atoms with Crippen LogP contribution < -0.4 is 5.56 Å². The molecule has 3 nitrogen and oxygen atoms in total. The normalized spacial score (nSPS) is 11.1. The maximum Gasteiger partial charge on any atom is 0.252 e. The molecule has 0 aliphatic heterocycles. The number of hydrogen-bond acceptors (Lipinski definition) is 2. The molecule has 0 saturated carbocycles. The van der Waals surface area contributed by atoms with E-state index in [0.29, 0.717) is 6.54 Å². The summed E-state index contributed by atoms with van der Waals surface area (Å²) in [6.07, 6.45) is 0. The van der Waals surface area contributed by atoms with Gasteiger partial charge in [-0.3, -0.25) is 9.36 Å². The van der Waals surface area contributed by atoms with Gasteiger partial charge in [-0.15, -0.1) is 0 Å². The molecule has 0 unspecified atom stereocenters. The van der Waals surface area contributed by atoms with Crippen molar-refractivity contribution >= 4 is 27.0 Å². The highest BCUT2D eigenvalue weighted by Crippen LogP contribution is 2.30. The minimum atomic E-state index is -0.0116. The molecule has 0 bridgehead atoms. The standard InChI is InChI=1S/C18H17BrN2O/c1-4-21-16(22)10-15(13-6-5-7-14(19)9-13)17-11(2)8-12(3)20-18(17)21/h5-10H,4H2,1-3H3. The third-order valence-electron chi connectivity index (χ3n) is 3.84. The first-order valence-electron chi connectivity index (χ1n) is 7.29. The van der Waals surface area contributed by atoms with Crippen molar-refractivity contribution in [2.75, 3.05) is 0 Å². The van der Waals surface area contributed by atoms with Crippen molar-refractivity contribution in [1.29, 1.82) is 0 Å². The first kappa shape index (κ1) is 15.0. The summed E-state index contributed by atoms with van der Waals surface area (Å²) in [4.78, 5) is 17.1. The van der Waals surface area contributed by atoms with Crippen LogP contribution in [0.2, 0.25) is 0 Å². The first-order chi connectivity index (χ1) is 10.5. The van der Waals surface area contributed by atoms with Crippen molar-refractivity contribution in [2.45, 2.75) is 27.3 Å². The molecule has 0 saturated heterocycles. The third-order valence-corrected chi connectivity index (χ3v) is 4.33. The molecular weight excluding hydrogens is 340 g/mol. The van der Waals surface area contributed by atoms with Gasteiger partial charge in [0.1, 0.15) is 5.65 Å². The number of pyridine rings is 2. The topological polar surface area (TPSA) is 34.9 Å².